The summed E-state index contributed by atoms with van der Waals surface area (Å²) in [5, 5.41) is 37.4. The maximum absolute atomic E-state index is 10.7. The second kappa shape index (κ2) is 18.3. The number of H-pyrrole nitrogens is 1. The monoisotopic (exact) mass is 664 g/mol. The molecule has 2 aliphatic carbocycles. The summed E-state index contributed by atoms with van der Waals surface area (Å²) < 4.78 is 12.4. The fourth-order valence-electron chi connectivity index (χ4n) is 8.04. The minimum Gasteiger partial charge on any atom is -0.504 e. The van der Waals surface area contributed by atoms with Gasteiger partial charge < -0.3 is 45.8 Å². The van der Waals surface area contributed by atoms with Crippen molar-refractivity contribution in [2.24, 2.45) is 17.6 Å². The van der Waals surface area contributed by atoms with E-state index in [1.54, 1.807) is 6.07 Å². The Hall–Kier alpha value is -2.82. The van der Waals surface area contributed by atoms with Crippen molar-refractivity contribution in [3.8, 4) is 11.5 Å². The normalized spacial score (nSPS) is 20.3. The summed E-state index contributed by atoms with van der Waals surface area (Å²) in [6.07, 6.45) is 13.7. The number of hydrogen-bond donors (Lipinski definition) is 7. The van der Waals surface area contributed by atoms with Gasteiger partial charge in [-0.3, -0.25) is 0 Å². The van der Waals surface area contributed by atoms with Gasteiger partial charge in [-0.2, -0.15) is 0 Å². The molecule has 0 aliphatic heterocycles. The Labute approximate surface area is 287 Å². The number of aromatic hydroxyl groups is 1. The van der Waals surface area contributed by atoms with Crippen molar-refractivity contribution in [3.05, 3.63) is 69.9 Å². The van der Waals surface area contributed by atoms with Crippen LogP contribution in [0.5, 0.6) is 11.5 Å². The quantitative estimate of drug-likeness (QED) is 0.0750. The van der Waals surface area contributed by atoms with E-state index in [0.717, 1.165) is 85.9 Å². The Morgan fingerprint density at radius 2 is 1.88 bits per heavy atom. The summed E-state index contributed by atoms with van der Waals surface area (Å²) in [6.45, 7) is 4.44. The summed E-state index contributed by atoms with van der Waals surface area (Å²) in [5.41, 5.74) is 11.4. The molecule has 5 atom stereocenters. The van der Waals surface area contributed by atoms with Crippen LogP contribution in [0.3, 0.4) is 0 Å². The van der Waals surface area contributed by atoms with E-state index in [0.29, 0.717) is 37.2 Å². The van der Waals surface area contributed by atoms with Crippen molar-refractivity contribution in [2.75, 3.05) is 33.3 Å². The summed E-state index contributed by atoms with van der Waals surface area (Å²) in [7, 11) is 1.95. The number of fused-ring (bicyclic) bond motifs is 2. The number of aromatic amines is 1. The van der Waals surface area contributed by atoms with Crippen molar-refractivity contribution in [2.45, 2.75) is 115 Å². The highest BCUT2D eigenvalue weighted by molar-refractivity contribution is 5.42. The number of hydrogen-bond acceptors (Lipinski definition) is 8. The van der Waals surface area contributed by atoms with E-state index in [1.165, 1.54) is 49.8 Å². The molecular weight excluding hydrogens is 604 g/mol. The molecule has 9 heteroatoms. The van der Waals surface area contributed by atoms with E-state index in [-0.39, 0.29) is 24.5 Å². The first kappa shape index (κ1) is 36.5. The molecule has 1 saturated carbocycles. The van der Waals surface area contributed by atoms with Gasteiger partial charge in [-0.1, -0.05) is 38.2 Å². The number of benzene rings is 1. The lowest BCUT2D eigenvalue weighted by Gasteiger charge is -2.27. The first-order chi connectivity index (χ1) is 23.4. The van der Waals surface area contributed by atoms with Crippen LogP contribution in [0.25, 0.3) is 0 Å². The topological polar surface area (TPSA) is 149 Å². The lowest BCUT2D eigenvalue weighted by molar-refractivity contribution is 0.188. The number of ether oxygens (including phenoxy) is 1. The Kier molecular flexibility index (Phi) is 13.9. The zero-order chi connectivity index (χ0) is 33.9. The molecule has 9 nitrogen and oxygen atoms in total. The lowest BCUT2D eigenvalue weighted by atomic mass is 9.80. The minimum absolute atomic E-state index is 0.0126. The van der Waals surface area contributed by atoms with Gasteiger partial charge in [0, 0.05) is 48.8 Å². The highest BCUT2D eigenvalue weighted by Gasteiger charge is 2.38. The summed E-state index contributed by atoms with van der Waals surface area (Å²) >= 11 is 0. The van der Waals surface area contributed by atoms with Gasteiger partial charge in [0.15, 0.2) is 11.5 Å². The molecule has 1 fully saturated rings. The number of unbranched alkanes of at least 4 members (excludes halogenated alkanes) is 4. The molecular formula is C39H60N4O5. The van der Waals surface area contributed by atoms with Gasteiger partial charge in [0.2, 0.25) is 0 Å². The molecule has 0 amide bonds. The number of aromatic nitrogens is 1. The Morgan fingerprint density at radius 1 is 1.04 bits per heavy atom. The largest absolute Gasteiger partial charge is 0.504 e. The molecule has 0 unspecified atom stereocenters. The molecule has 48 heavy (non-hydrogen) atoms. The Morgan fingerprint density at radius 3 is 2.67 bits per heavy atom. The molecule has 2 aliphatic rings. The number of aliphatic hydroxyl groups excluding tert-OH is 2. The van der Waals surface area contributed by atoms with Gasteiger partial charge in [-0.15, -0.1) is 0 Å². The van der Waals surface area contributed by atoms with Crippen LogP contribution < -0.4 is 21.1 Å². The van der Waals surface area contributed by atoms with E-state index in [9.17, 15) is 15.3 Å². The van der Waals surface area contributed by atoms with Crippen LogP contribution in [-0.2, 0) is 32.3 Å². The number of likely N-dealkylation sites (N-methyl/N-ethyl adjacent to an activating group) is 1. The molecule has 2 heterocycles. The molecule has 0 spiro atoms. The number of phenols is 1. The second-order valence-corrected chi connectivity index (χ2v) is 14.2. The van der Waals surface area contributed by atoms with Crippen molar-refractivity contribution in [1.29, 1.82) is 0 Å². The molecule has 0 bridgehead atoms. The third-order valence-electron chi connectivity index (χ3n) is 10.7. The van der Waals surface area contributed by atoms with E-state index < -0.39 is 0 Å². The number of nitrogens with two attached hydrogens (primary N) is 1. The smallest absolute Gasteiger partial charge is 0.161 e. The van der Waals surface area contributed by atoms with E-state index in [4.69, 9.17) is 14.9 Å². The zero-order valence-electron chi connectivity index (χ0n) is 29.2. The van der Waals surface area contributed by atoms with Gasteiger partial charge >= 0.3 is 0 Å². The summed E-state index contributed by atoms with van der Waals surface area (Å²) in [5.74, 6) is 4.26. The standard InChI is InChI=1S/C39H60N4O5/c1-26(45)22-42-23-33-31-10-8-9-28(31)14-16-34-32(33)21-35(43-34)36(41-2)25-47-39-19-27(13-17-37(39)46)12-15-30-20-29(24-44)38(48-30)11-6-4-3-5-7-18-40/h13,17,19-21,26,28,31,33,36,41-46H,3-12,14-16,18,22-25,40H2,1-2H3/t26-,28+,31-,33-,36-/m0/s1. The summed E-state index contributed by atoms with van der Waals surface area (Å²) in [6, 6.07) is 9.82. The molecule has 3 aromatic rings. The number of furan rings is 1. The molecule has 0 radical (unpaired) electrons. The van der Waals surface area contributed by atoms with Crippen LogP contribution in [0, 0.1) is 11.8 Å². The average Bonchev–Trinajstić information content (AvgIpc) is 3.81. The molecule has 8 N–H and O–H groups in total. The number of aliphatic hydroxyl groups is 2. The highest BCUT2D eigenvalue weighted by atomic mass is 16.5. The maximum atomic E-state index is 10.7. The van der Waals surface area contributed by atoms with Gasteiger partial charge in [0.05, 0.1) is 18.8 Å². The maximum Gasteiger partial charge on any atom is 0.161 e. The number of nitrogens with one attached hydrogen (secondary N) is 3. The fourth-order valence-corrected chi connectivity index (χ4v) is 8.04. The molecule has 266 valence electrons. The van der Waals surface area contributed by atoms with Crippen molar-refractivity contribution >= 4 is 0 Å². The van der Waals surface area contributed by atoms with Gasteiger partial charge in [-0.05, 0) is 106 Å². The highest BCUT2D eigenvalue weighted by Crippen LogP contribution is 2.47. The first-order valence-electron chi connectivity index (χ1n) is 18.5. The van der Waals surface area contributed by atoms with Crippen LogP contribution in [0.2, 0.25) is 0 Å². The van der Waals surface area contributed by atoms with E-state index >= 15 is 0 Å². The third kappa shape index (κ3) is 9.66. The van der Waals surface area contributed by atoms with Crippen LogP contribution in [0.1, 0.15) is 116 Å². The van der Waals surface area contributed by atoms with Crippen molar-refractivity contribution in [3.63, 3.8) is 0 Å². The number of aryl methyl sites for hydroxylation is 4. The van der Waals surface area contributed by atoms with E-state index in [1.807, 2.05) is 32.2 Å². The third-order valence-corrected chi connectivity index (χ3v) is 10.7. The Bertz CT molecular complexity index is 1400. The number of phenolic OH excluding ortho intramolecular Hbond substituents is 1. The number of rotatable bonds is 20. The predicted octanol–water partition coefficient (Wildman–Crippen LogP) is 5.80. The van der Waals surface area contributed by atoms with Crippen LogP contribution in [-0.4, -0.2) is 59.7 Å². The Balaban J connectivity index is 1.19. The minimum atomic E-state index is -0.356. The van der Waals surface area contributed by atoms with Gasteiger partial charge in [-0.25, -0.2) is 0 Å². The van der Waals surface area contributed by atoms with Crippen LogP contribution in [0.15, 0.2) is 34.7 Å². The SMILES string of the molecule is CN[C@@H](COc1cc(CCc2cc(CO)c(CCCCCCCN)o2)ccc1O)c1cc2c([nH]1)CC[C@H]1CCC[C@@H]1[C@@H]2CNC[C@H](C)O. The first-order valence-corrected chi connectivity index (χ1v) is 18.5. The van der Waals surface area contributed by atoms with Gasteiger partial charge in [0.25, 0.3) is 0 Å². The zero-order valence-corrected chi connectivity index (χ0v) is 29.2. The van der Waals surface area contributed by atoms with Crippen molar-refractivity contribution < 1.29 is 24.5 Å². The summed E-state index contributed by atoms with van der Waals surface area (Å²) in [4.78, 5) is 3.76. The predicted molar refractivity (Wildman–Crippen MR) is 191 cm³/mol. The fraction of sp³-hybridized carbons (Fsp3) is 0.641. The molecule has 1 aromatic carbocycles. The molecule has 2 aromatic heterocycles. The lowest BCUT2D eigenvalue weighted by Crippen LogP contribution is -2.32. The molecule has 0 saturated heterocycles. The van der Waals surface area contributed by atoms with E-state index in [2.05, 4.69) is 21.7 Å². The average molecular weight is 665 g/mol. The van der Waals surface area contributed by atoms with Crippen LogP contribution >= 0.6 is 0 Å². The van der Waals surface area contributed by atoms with Crippen LogP contribution in [0.4, 0.5) is 0 Å². The molecule has 5 rings (SSSR count). The van der Waals surface area contributed by atoms with Crippen molar-refractivity contribution in [1.82, 2.24) is 15.6 Å². The van der Waals surface area contributed by atoms with Gasteiger partial charge in [0.1, 0.15) is 18.1 Å². The second-order valence-electron chi connectivity index (χ2n) is 14.2.